The number of nitrogens with zero attached hydrogens (tertiary/aromatic N) is 1. The molecule has 76 valence electrons. The molecule has 1 aromatic heterocycles. The highest BCUT2D eigenvalue weighted by Crippen LogP contribution is 1.99. The van der Waals surface area contributed by atoms with Crippen LogP contribution in [0.25, 0.3) is 0 Å². The minimum absolute atomic E-state index is 0.691. The van der Waals surface area contributed by atoms with Gasteiger partial charge in [0.15, 0.2) is 0 Å². The summed E-state index contributed by atoms with van der Waals surface area (Å²) >= 11 is 5.19. The Morgan fingerprint density at radius 1 is 1.33 bits per heavy atom. The molecule has 2 rings (SSSR count). The third kappa shape index (κ3) is 2.63. The number of thiocarbonyl (C=S) groups is 1. The first-order valence-corrected chi connectivity index (χ1v) is 5.07. The predicted molar refractivity (Wildman–Crippen MR) is 63.6 cm³/mol. The first kappa shape index (κ1) is 9.86. The first-order valence-electron chi connectivity index (χ1n) is 4.67. The third-order valence-electron chi connectivity index (χ3n) is 2.04. The maximum Gasteiger partial charge on any atom is 0.125 e. The van der Waals surface area contributed by atoms with Crippen LogP contribution in [-0.4, -0.2) is 15.0 Å². The van der Waals surface area contributed by atoms with Crippen molar-refractivity contribution in [2.24, 2.45) is 0 Å². The Labute approximate surface area is 93.6 Å². The van der Waals surface area contributed by atoms with Gasteiger partial charge in [0, 0.05) is 6.54 Å². The quantitative estimate of drug-likeness (QED) is 0.771. The zero-order valence-corrected chi connectivity index (χ0v) is 8.92. The highest BCUT2D eigenvalue weighted by Gasteiger charge is 2.00. The second kappa shape index (κ2) is 4.70. The van der Waals surface area contributed by atoms with Gasteiger partial charge in [0.1, 0.15) is 4.99 Å². The van der Waals surface area contributed by atoms with Crippen LogP contribution in [0.5, 0.6) is 0 Å². The van der Waals surface area contributed by atoms with Crippen molar-refractivity contribution in [3.8, 4) is 0 Å². The minimum Gasteiger partial charge on any atom is -0.370 e. The van der Waals surface area contributed by atoms with Crippen molar-refractivity contribution < 1.29 is 0 Å². The monoisotopic (exact) mass is 217 g/mol. The summed E-state index contributed by atoms with van der Waals surface area (Å²) in [4.78, 5) is 7.56. The lowest BCUT2D eigenvalue weighted by atomic mass is 10.2. The second-order valence-electron chi connectivity index (χ2n) is 3.13. The van der Waals surface area contributed by atoms with E-state index in [4.69, 9.17) is 12.2 Å². The van der Waals surface area contributed by atoms with Gasteiger partial charge >= 0.3 is 0 Å². The Kier molecular flexibility index (Phi) is 3.09. The Morgan fingerprint density at radius 2 is 2.13 bits per heavy atom. The average molecular weight is 217 g/mol. The van der Waals surface area contributed by atoms with Crippen LogP contribution in [0.2, 0.25) is 0 Å². The summed E-state index contributed by atoms with van der Waals surface area (Å²) < 4.78 is 0. The van der Waals surface area contributed by atoms with Gasteiger partial charge < -0.3 is 10.3 Å². The van der Waals surface area contributed by atoms with Gasteiger partial charge in [-0.15, -0.1) is 0 Å². The van der Waals surface area contributed by atoms with Gasteiger partial charge in [-0.3, -0.25) is 0 Å². The van der Waals surface area contributed by atoms with Crippen LogP contribution in [0.1, 0.15) is 11.3 Å². The highest BCUT2D eigenvalue weighted by molar-refractivity contribution is 7.80. The molecule has 1 aromatic carbocycles. The molecule has 0 atom stereocenters. The van der Waals surface area contributed by atoms with E-state index in [0.717, 1.165) is 12.2 Å². The van der Waals surface area contributed by atoms with E-state index in [9.17, 15) is 0 Å². The normalized spacial score (nSPS) is 9.87. The second-order valence-corrected chi connectivity index (χ2v) is 3.54. The molecular weight excluding hydrogens is 206 g/mol. The van der Waals surface area contributed by atoms with E-state index in [1.807, 2.05) is 18.2 Å². The molecule has 0 fully saturated rings. The number of aromatic amines is 1. The van der Waals surface area contributed by atoms with E-state index < -0.39 is 0 Å². The average Bonchev–Trinajstić information content (AvgIpc) is 2.81. The fourth-order valence-electron chi connectivity index (χ4n) is 1.25. The molecule has 0 saturated carbocycles. The summed E-state index contributed by atoms with van der Waals surface area (Å²) in [6.07, 6.45) is 3.33. The van der Waals surface area contributed by atoms with Gasteiger partial charge in [-0.05, 0) is 5.56 Å². The maximum absolute atomic E-state index is 5.19. The Bertz CT molecular complexity index is 422. The lowest BCUT2D eigenvalue weighted by molar-refractivity contribution is 0.925. The van der Waals surface area contributed by atoms with Gasteiger partial charge in [-0.25, -0.2) is 4.98 Å². The third-order valence-corrected chi connectivity index (χ3v) is 2.40. The molecule has 2 N–H and O–H groups in total. The molecule has 3 nitrogen and oxygen atoms in total. The molecule has 0 unspecified atom stereocenters. The van der Waals surface area contributed by atoms with Crippen LogP contribution in [0.15, 0.2) is 42.9 Å². The molecule has 0 amide bonds. The number of rotatable bonds is 3. The zero-order valence-electron chi connectivity index (χ0n) is 8.10. The Balaban J connectivity index is 1.92. The molecule has 0 saturated heterocycles. The summed E-state index contributed by atoms with van der Waals surface area (Å²) in [5.41, 5.74) is 2.06. The van der Waals surface area contributed by atoms with E-state index in [0.29, 0.717) is 4.99 Å². The van der Waals surface area contributed by atoms with Crippen LogP contribution < -0.4 is 5.32 Å². The molecule has 1 heterocycles. The molecule has 0 spiro atoms. The van der Waals surface area contributed by atoms with Gasteiger partial charge in [-0.1, -0.05) is 42.5 Å². The minimum atomic E-state index is 0.691. The fourth-order valence-corrected chi connectivity index (χ4v) is 1.44. The summed E-state index contributed by atoms with van der Waals surface area (Å²) in [5.74, 6) is 0. The lowest BCUT2D eigenvalue weighted by Crippen LogP contribution is -2.21. The summed E-state index contributed by atoms with van der Waals surface area (Å²) in [5, 5.41) is 3.16. The van der Waals surface area contributed by atoms with E-state index >= 15 is 0 Å². The van der Waals surface area contributed by atoms with E-state index in [2.05, 4.69) is 27.4 Å². The van der Waals surface area contributed by atoms with E-state index in [1.54, 1.807) is 12.5 Å². The zero-order chi connectivity index (χ0) is 10.5. The van der Waals surface area contributed by atoms with Crippen LogP contribution in [0.4, 0.5) is 0 Å². The lowest BCUT2D eigenvalue weighted by Gasteiger charge is -2.05. The van der Waals surface area contributed by atoms with Crippen molar-refractivity contribution in [3.63, 3.8) is 0 Å². The van der Waals surface area contributed by atoms with E-state index in [1.165, 1.54) is 5.56 Å². The predicted octanol–water partition coefficient (Wildman–Crippen LogP) is 1.88. The van der Waals surface area contributed by atoms with Gasteiger partial charge in [-0.2, -0.15) is 0 Å². The van der Waals surface area contributed by atoms with Crippen molar-refractivity contribution in [3.05, 3.63) is 54.1 Å². The van der Waals surface area contributed by atoms with Gasteiger partial charge in [0.05, 0.1) is 18.2 Å². The van der Waals surface area contributed by atoms with Crippen molar-refractivity contribution in [2.45, 2.75) is 6.54 Å². The standard InChI is InChI=1S/C11H11N3S/c15-11(10-7-12-8-14-10)13-6-9-4-2-1-3-5-9/h1-5,7-8H,6H2,(H,12,14)(H,13,15). The summed E-state index contributed by atoms with van der Waals surface area (Å²) in [6.45, 7) is 0.735. The number of aromatic nitrogens is 2. The highest BCUT2D eigenvalue weighted by atomic mass is 32.1. The number of H-pyrrole nitrogens is 1. The number of nitrogens with one attached hydrogen (secondary N) is 2. The van der Waals surface area contributed by atoms with Crippen molar-refractivity contribution >= 4 is 17.2 Å². The number of hydrogen-bond acceptors (Lipinski definition) is 2. The molecule has 15 heavy (non-hydrogen) atoms. The van der Waals surface area contributed by atoms with Gasteiger partial charge in [0.2, 0.25) is 0 Å². The van der Waals surface area contributed by atoms with Gasteiger partial charge in [0.25, 0.3) is 0 Å². The molecular formula is C11H11N3S. The fraction of sp³-hybridized carbons (Fsp3) is 0.0909. The van der Waals surface area contributed by atoms with Crippen molar-refractivity contribution in [2.75, 3.05) is 0 Å². The Morgan fingerprint density at radius 3 is 2.80 bits per heavy atom. The van der Waals surface area contributed by atoms with Crippen LogP contribution in [-0.2, 0) is 6.54 Å². The molecule has 0 aliphatic carbocycles. The molecule has 0 bridgehead atoms. The van der Waals surface area contributed by atoms with E-state index in [-0.39, 0.29) is 0 Å². The molecule has 2 aromatic rings. The smallest absolute Gasteiger partial charge is 0.125 e. The summed E-state index contributed by atoms with van der Waals surface area (Å²) in [6, 6.07) is 10.1. The Hall–Kier alpha value is -1.68. The number of imidazole rings is 1. The van der Waals surface area contributed by atoms with Crippen LogP contribution in [0, 0.1) is 0 Å². The van der Waals surface area contributed by atoms with Crippen molar-refractivity contribution in [1.29, 1.82) is 0 Å². The van der Waals surface area contributed by atoms with Crippen LogP contribution >= 0.6 is 12.2 Å². The topological polar surface area (TPSA) is 40.7 Å². The largest absolute Gasteiger partial charge is 0.370 e. The van der Waals surface area contributed by atoms with Crippen molar-refractivity contribution in [1.82, 2.24) is 15.3 Å². The number of hydrogen-bond donors (Lipinski definition) is 2. The summed E-state index contributed by atoms with van der Waals surface area (Å²) in [7, 11) is 0. The molecule has 4 heteroatoms. The molecule has 0 aliphatic rings. The molecule has 0 radical (unpaired) electrons. The first-order chi connectivity index (χ1) is 7.36. The molecule has 0 aliphatic heterocycles. The van der Waals surface area contributed by atoms with Crippen LogP contribution in [0.3, 0.4) is 0 Å². The SMILES string of the molecule is S=C(NCc1ccccc1)c1cnc[nH]1. The maximum atomic E-state index is 5.19. The number of benzene rings is 1.